The van der Waals surface area contributed by atoms with Crippen LogP contribution in [0.3, 0.4) is 0 Å². The van der Waals surface area contributed by atoms with Crippen LogP contribution in [0.2, 0.25) is 0 Å². The average Bonchev–Trinajstić information content (AvgIpc) is 3.04. The summed E-state index contributed by atoms with van der Waals surface area (Å²) in [6.07, 6.45) is 3.24. The molecule has 0 unspecified atom stereocenters. The van der Waals surface area contributed by atoms with E-state index >= 15 is 0 Å². The Balaban J connectivity index is 2.13. The molecule has 0 aliphatic heterocycles. The first-order valence-corrected chi connectivity index (χ1v) is 6.56. The van der Waals surface area contributed by atoms with E-state index in [2.05, 4.69) is 39.4 Å². The van der Waals surface area contributed by atoms with E-state index < -0.39 is 0 Å². The largest absolute Gasteiger partial charge is 0.463 e. The minimum absolute atomic E-state index is 0.146. The summed E-state index contributed by atoms with van der Waals surface area (Å²) >= 11 is 0. The molecule has 1 aromatic rings. The SMILES string of the molecule is CCCOc1nc(NCC)nc(NC2(C)CC2)n1. The first-order valence-electron chi connectivity index (χ1n) is 6.56. The van der Waals surface area contributed by atoms with E-state index in [1.807, 2.05) is 6.92 Å². The second kappa shape index (κ2) is 5.37. The molecule has 2 N–H and O–H groups in total. The number of aromatic nitrogens is 3. The van der Waals surface area contributed by atoms with Crippen molar-refractivity contribution in [3.05, 3.63) is 0 Å². The normalized spacial score (nSPS) is 16.2. The number of rotatable bonds is 7. The first-order chi connectivity index (χ1) is 8.65. The van der Waals surface area contributed by atoms with Gasteiger partial charge in [0.25, 0.3) is 0 Å². The van der Waals surface area contributed by atoms with Crippen LogP contribution < -0.4 is 15.4 Å². The highest BCUT2D eigenvalue weighted by atomic mass is 16.5. The third-order valence-corrected chi connectivity index (χ3v) is 2.80. The Morgan fingerprint density at radius 3 is 2.50 bits per heavy atom. The lowest BCUT2D eigenvalue weighted by Gasteiger charge is -2.13. The monoisotopic (exact) mass is 251 g/mol. The maximum Gasteiger partial charge on any atom is 0.323 e. The molecule has 1 heterocycles. The summed E-state index contributed by atoms with van der Waals surface area (Å²) in [5.41, 5.74) is 0.146. The van der Waals surface area contributed by atoms with Crippen molar-refractivity contribution in [2.45, 2.75) is 45.6 Å². The predicted molar refractivity (Wildman–Crippen MR) is 71.0 cm³/mol. The van der Waals surface area contributed by atoms with Crippen molar-refractivity contribution in [1.29, 1.82) is 0 Å². The average molecular weight is 251 g/mol. The van der Waals surface area contributed by atoms with Gasteiger partial charge >= 0.3 is 6.01 Å². The van der Waals surface area contributed by atoms with E-state index in [4.69, 9.17) is 4.74 Å². The van der Waals surface area contributed by atoms with Crippen LogP contribution >= 0.6 is 0 Å². The second-order valence-electron chi connectivity index (χ2n) is 4.83. The number of ether oxygens (including phenoxy) is 1. The smallest absolute Gasteiger partial charge is 0.323 e. The summed E-state index contributed by atoms with van der Waals surface area (Å²) < 4.78 is 5.48. The molecule has 0 radical (unpaired) electrons. The lowest BCUT2D eigenvalue weighted by atomic mass is 10.3. The molecule has 1 aromatic heterocycles. The zero-order valence-electron chi connectivity index (χ0n) is 11.3. The van der Waals surface area contributed by atoms with Gasteiger partial charge < -0.3 is 15.4 Å². The summed E-state index contributed by atoms with van der Waals surface area (Å²) in [5, 5.41) is 6.41. The Kier molecular flexibility index (Phi) is 3.84. The fraction of sp³-hybridized carbons (Fsp3) is 0.750. The van der Waals surface area contributed by atoms with Crippen LogP contribution in [-0.4, -0.2) is 33.6 Å². The van der Waals surface area contributed by atoms with Crippen LogP contribution in [0.5, 0.6) is 6.01 Å². The van der Waals surface area contributed by atoms with Crippen LogP contribution in [0.1, 0.15) is 40.0 Å². The number of hydrogen-bond acceptors (Lipinski definition) is 6. The highest BCUT2D eigenvalue weighted by molar-refractivity contribution is 5.39. The van der Waals surface area contributed by atoms with E-state index in [-0.39, 0.29) is 5.54 Å². The molecule has 18 heavy (non-hydrogen) atoms. The molecule has 6 heteroatoms. The minimum Gasteiger partial charge on any atom is -0.463 e. The van der Waals surface area contributed by atoms with Crippen molar-refractivity contribution in [1.82, 2.24) is 15.0 Å². The molecule has 1 aliphatic rings. The highest BCUT2D eigenvalue weighted by Gasteiger charge is 2.38. The molecular weight excluding hydrogens is 230 g/mol. The van der Waals surface area contributed by atoms with Crippen LogP contribution in [0.15, 0.2) is 0 Å². The van der Waals surface area contributed by atoms with Crippen LogP contribution in [0, 0.1) is 0 Å². The van der Waals surface area contributed by atoms with Crippen molar-refractivity contribution in [3.8, 4) is 6.01 Å². The van der Waals surface area contributed by atoms with Gasteiger partial charge in [-0.25, -0.2) is 0 Å². The van der Waals surface area contributed by atoms with E-state index in [1.165, 1.54) is 0 Å². The molecular formula is C12H21N5O. The lowest BCUT2D eigenvalue weighted by molar-refractivity contribution is 0.292. The van der Waals surface area contributed by atoms with E-state index in [0.717, 1.165) is 25.8 Å². The van der Waals surface area contributed by atoms with Crippen molar-refractivity contribution in [2.75, 3.05) is 23.8 Å². The van der Waals surface area contributed by atoms with Crippen LogP contribution in [-0.2, 0) is 0 Å². The summed E-state index contributed by atoms with van der Waals surface area (Å²) in [7, 11) is 0. The molecule has 6 nitrogen and oxygen atoms in total. The van der Waals surface area contributed by atoms with Gasteiger partial charge in [-0.2, -0.15) is 15.0 Å². The van der Waals surface area contributed by atoms with Crippen molar-refractivity contribution in [2.24, 2.45) is 0 Å². The van der Waals surface area contributed by atoms with E-state index in [1.54, 1.807) is 0 Å². The first kappa shape index (κ1) is 12.9. The molecule has 0 aromatic carbocycles. The molecule has 0 spiro atoms. The Morgan fingerprint density at radius 2 is 1.89 bits per heavy atom. The summed E-state index contributed by atoms with van der Waals surface area (Å²) in [4.78, 5) is 12.8. The summed E-state index contributed by atoms with van der Waals surface area (Å²) in [5.74, 6) is 1.15. The molecule has 0 atom stereocenters. The minimum atomic E-state index is 0.146. The zero-order chi connectivity index (χ0) is 13.0. The molecule has 0 bridgehead atoms. The second-order valence-corrected chi connectivity index (χ2v) is 4.83. The summed E-state index contributed by atoms with van der Waals surface area (Å²) in [6, 6.07) is 0.384. The van der Waals surface area contributed by atoms with E-state index in [9.17, 15) is 0 Å². The van der Waals surface area contributed by atoms with Crippen molar-refractivity contribution in [3.63, 3.8) is 0 Å². The van der Waals surface area contributed by atoms with Gasteiger partial charge in [-0.1, -0.05) is 6.92 Å². The van der Waals surface area contributed by atoms with Crippen LogP contribution in [0.25, 0.3) is 0 Å². The Bertz CT molecular complexity index is 405. The van der Waals surface area contributed by atoms with Gasteiger partial charge in [-0.15, -0.1) is 0 Å². The quantitative estimate of drug-likeness (QED) is 0.773. The Hall–Kier alpha value is -1.59. The molecule has 1 aliphatic carbocycles. The lowest BCUT2D eigenvalue weighted by Crippen LogP contribution is -2.19. The number of anilines is 2. The standard InChI is InChI=1S/C12H21N5O/c1-4-8-18-11-15-9(13-5-2)14-10(16-11)17-12(3)6-7-12/h4-8H2,1-3H3,(H2,13,14,15,16,17). The number of nitrogens with zero attached hydrogens (tertiary/aromatic N) is 3. The van der Waals surface area contributed by atoms with Crippen LogP contribution in [0.4, 0.5) is 11.9 Å². The summed E-state index contributed by atoms with van der Waals surface area (Å²) in [6.45, 7) is 7.61. The Morgan fingerprint density at radius 1 is 1.17 bits per heavy atom. The molecule has 0 amide bonds. The molecule has 1 fully saturated rings. The molecule has 1 saturated carbocycles. The third kappa shape index (κ3) is 3.45. The molecule has 2 rings (SSSR count). The highest BCUT2D eigenvalue weighted by Crippen LogP contribution is 2.37. The van der Waals surface area contributed by atoms with Crippen molar-refractivity contribution < 1.29 is 4.74 Å². The predicted octanol–water partition coefficient (Wildman–Crippen LogP) is 2.06. The van der Waals surface area contributed by atoms with Gasteiger partial charge in [-0.05, 0) is 33.1 Å². The van der Waals surface area contributed by atoms with E-state index in [0.29, 0.717) is 24.5 Å². The van der Waals surface area contributed by atoms with Crippen molar-refractivity contribution >= 4 is 11.9 Å². The zero-order valence-corrected chi connectivity index (χ0v) is 11.3. The van der Waals surface area contributed by atoms with Gasteiger partial charge in [0.2, 0.25) is 11.9 Å². The Labute approximate surface area is 108 Å². The number of nitrogens with one attached hydrogen (secondary N) is 2. The van der Waals surface area contributed by atoms with Gasteiger partial charge in [0.15, 0.2) is 0 Å². The fourth-order valence-corrected chi connectivity index (χ4v) is 1.49. The fourth-order valence-electron chi connectivity index (χ4n) is 1.49. The van der Waals surface area contributed by atoms with Gasteiger partial charge in [0.1, 0.15) is 0 Å². The maximum absolute atomic E-state index is 5.48. The van der Waals surface area contributed by atoms with Gasteiger partial charge in [0, 0.05) is 12.1 Å². The molecule has 0 saturated heterocycles. The third-order valence-electron chi connectivity index (χ3n) is 2.80. The number of hydrogen-bond donors (Lipinski definition) is 2. The van der Waals surface area contributed by atoms with Gasteiger partial charge in [-0.3, -0.25) is 0 Å². The van der Waals surface area contributed by atoms with Gasteiger partial charge in [0.05, 0.1) is 6.61 Å². The topological polar surface area (TPSA) is 72.0 Å². The maximum atomic E-state index is 5.48. The molecule has 100 valence electrons.